The van der Waals surface area contributed by atoms with Gasteiger partial charge in [0.1, 0.15) is 19.3 Å². The third kappa shape index (κ3) is 69.0. The molecule has 3 N–H and O–H groups in total. The third-order valence-electron chi connectivity index (χ3n) is 18.1. The molecule has 0 radical (unpaired) electrons. The van der Waals surface area contributed by atoms with E-state index in [1.54, 1.807) is 0 Å². The van der Waals surface area contributed by atoms with Crippen molar-refractivity contribution in [2.24, 2.45) is 11.8 Å². The van der Waals surface area contributed by atoms with Gasteiger partial charge in [0.2, 0.25) is 0 Å². The number of esters is 4. The second kappa shape index (κ2) is 67.9. The van der Waals surface area contributed by atoms with Crippen molar-refractivity contribution < 1.29 is 80.2 Å². The standard InChI is InChI=1S/C76H148O17P2/c1-7-10-12-14-16-18-20-22-23-24-25-26-27-28-29-30-31-33-35-40-48-54-60-75(80)92-71(64-86-73(78)58-52-46-39-34-32-21-19-17-15-13-11-8-2)66-90-94(82,83)88-62-70(77)63-89-95(84,85)91-67-72(65-87-74(79)59-53-47-43-42-45-51-57-69(6)9-3)93-76(81)61-55-49-41-37-36-38-44-50-56-68(4)5/h68-72,77H,7-67H2,1-6H3,(H,82,83)(H,84,85)/t69?,70-,71-,72-/m1/s1. The largest absolute Gasteiger partial charge is 0.472 e. The summed E-state index contributed by atoms with van der Waals surface area (Å²) in [5, 5.41) is 10.6. The minimum atomic E-state index is -4.96. The van der Waals surface area contributed by atoms with Gasteiger partial charge in [-0.15, -0.1) is 0 Å². The van der Waals surface area contributed by atoms with Gasteiger partial charge < -0.3 is 33.8 Å². The molecule has 0 aliphatic rings. The number of hydrogen-bond donors (Lipinski definition) is 3. The van der Waals surface area contributed by atoms with Gasteiger partial charge in [-0.3, -0.25) is 37.3 Å². The fourth-order valence-electron chi connectivity index (χ4n) is 11.6. The summed E-state index contributed by atoms with van der Waals surface area (Å²) in [7, 11) is -9.91. The van der Waals surface area contributed by atoms with Crippen LogP contribution >= 0.6 is 15.6 Å². The molecule has 0 fully saturated rings. The second-order valence-corrected chi connectivity index (χ2v) is 31.0. The van der Waals surface area contributed by atoms with E-state index < -0.39 is 97.5 Å². The lowest BCUT2D eigenvalue weighted by Gasteiger charge is -2.21. The molecule has 0 saturated carbocycles. The molecule has 0 aromatic rings. The van der Waals surface area contributed by atoms with E-state index in [0.29, 0.717) is 25.7 Å². The first-order chi connectivity index (χ1) is 45.9. The van der Waals surface area contributed by atoms with Crippen LogP contribution in [0.3, 0.4) is 0 Å². The number of phosphoric acid groups is 2. The van der Waals surface area contributed by atoms with Gasteiger partial charge >= 0.3 is 39.5 Å². The van der Waals surface area contributed by atoms with Crippen molar-refractivity contribution in [3.63, 3.8) is 0 Å². The molecular weight excluding hydrogens is 1250 g/mol. The molecule has 0 amide bonds. The SMILES string of the molecule is CCCCCCCCCCCCCCCCCCCCCCCCC(=O)O[C@H](COC(=O)CCCCCCCCCCCCCC)COP(=O)(O)OC[C@@H](O)COP(=O)(O)OC[C@@H](COC(=O)CCCCCCCCC(C)CC)OC(=O)CCCCCCCCCCC(C)C. The Labute approximate surface area is 581 Å². The fraction of sp³-hybridized carbons (Fsp3) is 0.947. The highest BCUT2D eigenvalue weighted by molar-refractivity contribution is 7.47. The zero-order valence-electron chi connectivity index (χ0n) is 62.0. The molecule has 0 bridgehead atoms. The van der Waals surface area contributed by atoms with Crippen LogP contribution in [0.1, 0.15) is 395 Å². The Bertz CT molecular complexity index is 1840. The molecule has 3 unspecified atom stereocenters. The minimum absolute atomic E-state index is 0.104. The Morgan fingerprint density at radius 3 is 0.800 bits per heavy atom. The minimum Gasteiger partial charge on any atom is -0.462 e. The van der Waals surface area contributed by atoms with Crippen molar-refractivity contribution in [1.29, 1.82) is 0 Å². The van der Waals surface area contributed by atoms with Crippen LogP contribution in [0, 0.1) is 11.8 Å². The number of hydrogen-bond acceptors (Lipinski definition) is 15. The van der Waals surface area contributed by atoms with E-state index in [2.05, 4.69) is 41.5 Å². The maximum atomic E-state index is 13.1. The summed E-state index contributed by atoms with van der Waals surface area (Å²) >= 11 is 0. The number of unbranched alkanes of at least 4 members (excludes halogenated alkanes) is 44. The van der Waals surface area contributed by atoms with E-state index in [4.69, 9.17) is 37.0 Å². The van der Waals surface area contributed by atoms with E-state index in [0.717, 1.165) is 108 Å². The lowest BCUT2D eigenvalue weighted by atomic mass is 10.00. The number of aliphatic hydroxyl groups excluding tert-OH is 1. The Balaban J connectivity index is 5.17. The van der Waals surface area contributed by atoms with Crippen LogP contribution < -0.4 is 0 Å². The summed E-state index contributed by atoms with van der Waals surface area (Å²) in [6, 6.07) is 0. The maximum Gasteiger partial charge on any atom is 0.472 e. The second-order valence-electron chi connectivity index (χ2n) is 28.1. The fourth-order valence-corrected chi connectivity index (χ4v) is 13.2. The van der Waals surface area contributed by atoms with Gasteiger partial charge in [0, 0.05) is 25.7 Å². The van der Waals surface area contributed by atoms with E-state index in [1.165, 1.54) is 205 Å². The van der Waals surface area contributed by atoms with Crippen LogP contribution in [0.5, 0.6) is 0 Å². The topological polar surface area (TPSA) is 237 Å². The molecule has 17 nitrogen and oxygen atoms in total. The Morgan fingerprint density at radius 2 is 0.537 bits per heavy atom. The molecule has 0 rings (SSSR count). The number of rotatable bonds is 75. The van der Waals surface area contributed by atoms with Gasteiger partial charge in [-0.25, -0.2) is 9.13 Å². The van der Waals surface area contributed by atoms with Crippen LogP contribution in [-0.2, 0) is 65.4 Å². The monoisotopic (exact) mass is 1400 g/mol. The molecule has 564 valence electrons. The molecule has 6 atom stereocenters. The molecule has 0 saturated heterocycles. The quantitative estimate of drug-likeness (QED) is 0.0222. The average molecular weight is 1400 g/mol. The van der Waals surface area contributed by atoms with Crippen molar-refractivity contribution in [3.05, 3.63) is 0 Å². The lowest BCUT2D eigenvalue weighted by molar-refractivity contribution is -0.161. The highest BCUT2D eigenvalue weighted by Gasteiger charge is 2.30. The molecular formula is C76H148O17P2. The normalized spacial score (nSPS) is 14.3. The van der Waals surface area contributed by atoms with Crippen molar-refractivity contribution in [3.8, 4) is 0 Å². The first kappa shape index (κ1) is 93.1. The van der Waals surface area contributed by atoms with Crippen molar-refractivity contribution in [2.45, 2.75) is 413 Å². The van der Waals surface area contributed by atoms with Gasteiger partial charge in [0.05, 0.1) is 26.4 Å². The third-order valence-corrected chi connectivity index (χ3v) is 20.0. The summed E-state index contributed by atoms with van der Waals surface area (Å²) in [6.07, 6.45) is 55.8. The highest BCUT2D eigenvalue weighted by atomic mass is 31.2. The number of ether oxygens (including phenoxy) is 4. The molecule has 0 aliphatic carbocycles. The first-order valence-corrected chi connectivity index (χ1v) is 42.5. The van der Waals surface area contributed by atoms with Gasteiger partial charge in [-0.05, 0) is 37.5 Å². The average Bonchev–Trinajstić information content (AvgIpc) is 2.47. The van der Waals surface area contributed by atoms with Crippen LogP contribution in [0.15, 0.2) is 0 Å². The Hall–Kier alpha value is -1.94. The van der Waals surface area contributed by atoms with Crippen LogP contribution in [0.25, 0.3) is 0 Å². The number of aliphatic hydroxyl groups is 1. The molecule has 19 heteroatoms. The molecule has 0 heterocycles. The van der Waals surface area contributed by atoms with E-state index in [9.17, 15) is 43.2 Å². The molecule has 0 spiro atoms. The predicted molar refractivity (Wildman–Crippen MR) is 386 cm³/mol. The van der Waals surface area contributed by atoms with Crippen molar-refractivity contribution in [2.75, 3.05) is 39.6 Å². The Morgan fingerprint density at radius 1 is 0.305 bits per heavy atom. The van der Waals surface area contributed by atoms with Crippen molar-refractivity contribution in [1.82, 2.24) is 0 Å². The van der Waals surface area contributed by atoms with Crippen molar-refractivity contribution >= 4 is 39.5 Å². The summed E-state index contributed by atoms with van der Waals surface area (Å²) in [5.41, 5.74) is 0. The maximum absolute atomic E-state index is 13.1. The molecule has 0 aliphatic heterocycles. The zero-order chi connectivity index (χ0) is 70.0. The summed E-state index contributed by atoms with van der Waals surface area (Å²) < 4.78 is 68.4. The van der Waals surface area contributed by atoms with Gasteiger partial charge in [-0.1, -0.05) is 343 Å². The summed E-state index contributed by atoms with van der Waals surface area (Å²) in [4.78, 5) is 72.7. The molecule has 0 aromatic carbocycles. The highest BCUT2D eigenvalue weighted by Crippen LogP contribution is 2.45. The summed E-state index contributed by atoms with van der Waals surface area (Å²) in [5.74, 6) is -0.671. The van der Waals surface area contributed by atoms with Gasteiger partial charge in [-0.2, -0.15) is 0 Å². The smallest absolute Gasteiger partial charge is 0.462 e. The Kier molecular flexibility index (Phi) is 66.5. The first-order valence-electron chi connectivity index (χ1n) is 39.5. The van der Waals surface area contributed by atoms with Gasteiger partial charge in [0.25, 0.3) is 0 Å². The van der Waals surface area contributed by atoms with Crippen LogP contribution in [0.4, 0.5) is 0 Å². The van der Waals surface area contributed by atoms with Crippen LogP contribution in [0.2, 0.25) is 0 Å². The molecule has 95 heavy (non-hydrogen) atoms. The van der Waals surface area contributed by atoms with Crippen LogP contribution in [-0.4, -0.2) is 96.7 Å². The number of carbonyl (C=O) groups excluding carboxylic acids is 4. The lowest BCUT2D eigenvalue weighted by Crippen LogP contribution is -2.30. The molecule has 0 aromatic heterocycles. The van der Waals surface area contributed by atoms with E-state index in [1.807, 2.05) is 0 Å². The van der Waals surface area contributed by atoms with Gasteiger partial charge in [0.15, 0.2) is 12.2 Å². The van der Waals surface area contributed by atoms with E-state index >= 15 is 0 Å². The van der Waals surface area contributed by atoms with E-state index in [-0.39, 0.29) is 25.7 Å². The number of phosphoric ester groups is 2. The predicted octanol–water partition coefficient (Wildman–Crippen LogP) is 22.3. The number of carbonyl (C=O) groups is 4. The summed E-state index contributed by atoms with van der Waals surface area (Å²) in [6.45, 7) is 9.50. The zero-order valence-corrected chi connectivity index (χ0v) is 63.8.